The number of morpholine rings is 1. The summed E-state index contributed by atoms with van der Waals surface area (Å²) in [6.07, 6.45) is 0.228. The lowest BCUT2D eigenvalue weighted by Crippen LogP contribution is -2.52. The first-order valence-electron chi connectivity index (χ1n) is 9.81. The number of carbonyl (C=O) groups is 2. The molecular weight excluding hydrogens is 482 g/mol. The number of halogens is 1. The van der Waals surface area contributed by atoms with Crippen molar-refractivity contribution in [3.8, 4) is 9.75 Å². The zero-order valence-corrected chi connectivity index (χ0v) is 20.0. The van der Waals surface area contributed by atoms with E-state index in [1.807, 2.05) is 17.5 Å². The topological polar surface area (TPSA) is 87.2 Å². The van der Waals surface area contributed by atoms with Crippen molar-refractivity contribution in [1.82, 2.24) is 13.6 Å². The molecule has 2 fully saturated rings. The zero-order chi connectivity index (χ0) is 22.2. The van der Waals surface area contributed by atoms with Gasteiger partial charge in [0, 0.05) is 29.4 Å². The molecule has 0 unspecified atom stereocenters. The van der Waals surface area contributed by atoms with Crippen LogP contribution in [0.25, 0.3) is 9.75 Å². The van der Waals surface area contributed by atoms with Crippen LogP contribution in [-0.2, 0) is 24.3 Å². The van der Waals surface area contributed by atoms with Crippen LogP contribution in [0.3, 0.4) is 0 Å². The van der Waals surface area contributed by atoms with Gasteiger partial charge in [0.15, 0.2) is 0 Å². The largest absolute Gasteiger partial charge is 0.378 e. The molecule has 2 saturated heterocycles. The van der Waals surface area contributed by atoms with Gasteiger partial charge in [0.25, 0.3) is 10.0 Å². The predicted octanol–water partition coefficient (Wildman–Crippen LogP) is 2.47. The van der Waals surface area contributed by atoms with Crippen LogP contribution in [0.4, 0.5) is 0 Å². The molecule has 0 N–H and O–H groups in total. The van der Waals surface area contributed by atoms with Gasteiger partial charge in [0.05, 0.1) is 13.2 Å². The van der Waals surface area contributed by atoms with Crippen molar-refractivity contribution in [2.24, 2.45) is 0 Å². The second-order valence-corrected chi connectivity index (χ2v) is 11.9. The lowest BCUT2D eigenvalue weighted by Gasteiger charge is -2.32. The van der Waals surface area contributed by atoms with E-state index >= 15 is 0 Å². The Morgan fingerprint density at radius 1 is 1.23 bits per heavy atom. The standard InChI is InChI=1S/C19H22ClN3O5S3/c1-13(18(24)21-8-10-28-11-9-21)22-7-6-14(19(22)25)23(20)31(26,27)17-5-4-16(30-17)15-3-2-12-29-15/h2-5,12-14H,6-11H2,1H3/t13-,14-/m0/s1. The molecule has 4 rings (SSSR count). The molecule has 168 valence electrons. The van der Waals surface area contributed by atoms with Gasteiger partial charge in [-0.25, -0.2) is 8.42 Å². The number of carbonyl (C=O) groups excluding carboxylic acids is 2. The van der Waals surface area contributed by atoms with Gasteiger partial charge in [-0.1, -0.05) is 9.89 Å². The number of amides is 2. The highest BCUT2D eigenvalue weighted by atomic mass is 35.5. The Morgan fingerprint density at radius 3 is 2.65 bits per heavy atom. The number of sulfonamides is 1. The minimum atomic E-state index is -4.05. The van der Waals surface area contributed by atoms with Gasteiger partial charge in [-0.05, 0) is 48.7 Å². The number of hydrogen-bond donors (Lipinski definition) is 0. The third-order valence-electron chi connectivity index (χ3n) is 5.43. The van der Waals surface area contributed by atoms with Crippen molar-refractivity contribution in [3.05, 3.63) is 29.6 Å². The SMILES string of the molecule is C[C@@H](C(=O)N1CCOCC1)N1CC[C@H](N(Cl)S(=O)(=O)c2ccc(-c3cccs3)s2)C1=O. The van der Waals surface area contributed by atoms with Crippen LogP contribution in [0.5, 0.6) is 0 Å². The zero-order valence-electron chi connectivity index (χ0n) is 16.8. The summed E-state index contributed by atoms with van der Waals surface area (Å²) in [5.41, 5.74) is 0. The minimum absolute atomic E-state index is 0.0783. The van der Waals surface area contributed by atoms with Crippen molar-refractivity contribution in [2.75, 3.05) is 32.8 Å². The Bertz CT molecular complexity index is 1050. The van der Waals surface area contributed by atoms with Gasteiger partial charge in [-0.3, -0.25) is 9.59 Å². The lowest BCUT2D eigenvalue weighted by molar-refractivity contribution is -0.146. The second-order valence-electron chi connectivity index (χ2n) is 7.29. The smallest absolute Gasteiger partial charge is 0.266 e. The molecule has 2 amide bonds. The number of ether oxygens (including phenoxy) is 1. The van der Waals surface area contributed by atoms with Gasteiger partial charge in [0.1, 0.15) is 16.3 Å². The molecule has 4 heterocycles. The van der Waals surface area contributed by atoms with E-state index in [4.69, 9.17) is 16.5 Å². The summed E-state index contributed by atoms with van der Waals surface area (Å²) < 4.78 is 32.1. The number of rotatable bonds is 6. The molecule has 12 heteroatoms. The first-order chi connectivity index (χ1) is 14.8. The van der Waals surface area contributed by atoms with Crippen LogP contribution in [0.15, 0.2) is 33.9 Å². The molecule has 2 atom stereocenters. The maximum absolute atomic E-state index is 13.1. The van der Waals surface area contributed by atoms with E-state index in [1.165, 1.54) is 22.3 Å². The van der Waals surface area contributed by atoms with Crippen molar-refractivity contribution in [1.29, 1.82) is 0 Å². The van der Waals surface area contributed by atoms with Crippen molar-refractivity contribution < 1.29 is 22.7 Å². The molecule has 2 aliphatic rings. The average Bonchev–Trinajstić information content (AvgIpc) is 3.53. The quantitative estimate of drug-likeness (QED) is 0.565. The van der Waals surface area contributed by atoms with Crippen molar-refractivity contribution in [3.63, 3.8) is 0 Å². The van der Waals surface area contributed by atoms with E-state index < -0.39 is 28.0 Å². The number of likely N-dealkylation sites (tertiary alicyclic amines) is 1. The van der Waals surface area contributed by atoms with E-state index in [1.54, 1.807) is 17.9 Å². The summed E-state index contributed by atoms with van der Waals surface area (Å²) in [5.74, 6) is -0.622. The highest BCUT2D eigenvalue weighted by Gasteiger charge is 2.45. The van der Waals surface area contributed by atoms with E-state index in [-0.39, 0.29) is 23.1 Å². The maximum Gasteiger partial charge on any atom is 0.266 e. The lowest BCUT2D eigenvalue weighted by atomic mass is 10.2. The van der Waals surface area contributed by atoms with Crippen LogP contribution < -0.4 is 0 Å². The molecule has 0 spiro atoms. The van der Waals surface area contributed by atoms with Gasteiger partial charge < -0.3 is 14.5 Å². The Morgan fingerprint density at radius 2 is 1.97 bits per heavy atom. The monoisotopic (exact) mass is 503 g/mol. The minimum Gasteiger partial charge on any atom is -0.378 e. The van der Waals surface area contributed by atoms with Gasteiger partial charge in [0.2, 0.25) is 11.8 Å². The van der Waals surface area contributed by atoms with Gasteiger partial charge in [-0.15, -0.1) is 22.7 Å². The summed E-state index contributed by atoms with van der Waals surface area (Å²) in [6, 6.07) is 5.32. The molecule has 0 bridgehead atoms. The molecule has 2 aliphatic heterocycles. The Balaban J connectivity index is 1.47. The highest BCUT2D eigenvalue weighted by molar-refractivity contribution is 7.92. The number of hydrogen-bond acceptors (Lipinski definition) is 7. The molecule has 0 aliphatic carbocycles. The molecule has 31 heavy (non-hydrogen) atoms. The van der Waals surface area contributed by atoms with Crippen molar-refractivity contribution in [2.45, 2.75) is 29.6 Å². The number of nitrogens with zero attached hydrogens (tertiary/aromatic N) is 3. The van der Waals surface area contributed by atoms with Crippen LogP contribution in [-0.4, -0.2) is 78.8 Å². The fourth-order valence-electron chi connectivity index (χ4n) is 3.70. The fourth-order valence-corrected chi connectivity index (χ4v) is 7.68. The van der Waals surface area contributed by atoms with Crippen LogP contribution in [0, 0.1) is 0 Å². The Kier molecular flexibility index (Phi) is 6.71. The number of thiophene rings is 2. The fraction of sp³-hybridized carbons (Fsp3) is 0.474. The first-order valence-corrected chi connectivity index (χ1v) is 13.3. The molecule has 0 radical (unpaired) electrons. The predicted molar refractivity (Wildman–Crippen MR) is 119 cm³/mol. The summed E-state index contributed by atoms with van der Waals surface area (Å²) in [7, 11) is -4.05. The van der Waals surface area contributed by atoms with Crippen LogP contribution in [0.2, 0.25) is 0 Å². The average molecular weight is 504 g/mol. The normalized spacial score (nSPS) is 21.1. The Labute approximate surface area is 194 Å². The van der Waals surface area contributed by atoms with E-state index in [0.717, 1.165) is 21.1 Å². The van der Waals surface area contributed by atoms with Crippen LogP contribution >= 0.6 is 34.5 Å². The highest BCUT2D eigenvalue weighted by Crippen LogP contribution is 2.36. The first kappa shape index (κ1) is 22.7. The molecule has 2 aromatic rings. The summed E-state index contributed by atoms with van der Waals surface area (Å²) in [4.78, 5) is 30.6. The van der Waals surface area contributed by atoms with Crippen molar-refractivity contribution >= 4 is 56.3 Å². The third kappa shape index (κ3) is 4.39. The third-order valence-corrected chi connectivity index (χ3v) is 10.4. The van der Waals surface area contributed by atoms with E-state index in [2.05, 4.69) is 0 Å². The van der Waals surface area contributed by atoms with Crippen LogP contribution in [0.1, 0.15) is 13.3 Å². The molecule has 0 aromatic carbocycles. The van der Waals surface area contributed by atoms with Gasteiger partial charge >= 0.3 is 0 Å². The molecule has 8 nitrogen and oxygen atoms in total. The molecule has 2 aromatic heterocycles. The van der Waals surface area contributed by atoms with E-state index in [0.29, 0.717) is 30.1 Å². The second kappa shape index (κ2) is 9.16. The maximum atomic E-state index is 13.1. The van der Waals surface area contributed by atoms with E-state index in [9.17, 15) is 18.0 Å². The summed E-state index contributed by atoms with van der Waals surface area (Å²) in [6.45, 7) is 3.83. The van der Waals surface area contributed by atoms with Gasteiger partial charge in [-0.2, -0.15) is 0 Å². The Hall–Kier alpha value is -1.50. The summed E-state index contributed by atoms with van der Waals surface area (Å²) >= 11 is 8.87. The molecule has 0 saturated carbocycles. The summed E-state index contributed by atoms with van der Waals surface area (Å²) in [5, 5.41) is 1.92. The molecular formula is C19H22ClN3O5S3.